The van der Waals surface area contributed by atoms with Crippen molar-refractivity contribution >= 4 is 22.8 Å². The lowest BCUT2D eigenvalue weighted by atomic mass is 9.98. The lowest BCUT2D eigenvalue weighted by molar-refractivity contribution is -0.121. The standard InChI is InChI=1S/C22H25N5O2/c1-16-12-21(29)27(19-8-3-2-7-18(16)19)15-20(28)25-13-17-6-4-11-26(14-17)22-23-9-5-10-24-22/h2-3,5,7-10,12,17H,4,6,11,13-15H2,1H3,(H,25,28). The molecule has 1 aromatic carbocycles. The number of aromatic nitrogens is 3. The van der Waals surface area contributed by atoms with Gasteiger partial charge < -0.3 is 10.2 Å². The Kier molecular flexibility index (Phi) is 5.55. The minimum atomic E-state index is -0.151. The van der Waals surface area contributed by atoms with Crippen molar-refractivity contribution in [2.45, 2.75) is 26.3 Å². The van der Waals surface area contributed by atoms with Gasteiger partial charge in [0, 0.05) is 43.5 Å². The number of hydrogen-bond donors (Lipinski definition) is 1. The van der Waals surface area contributed by atoms with E-state index in [1.807, 2.05) is 37.3 Å². The first kappa shape index (κ1) is 19.1. The molecule has 0 aliphatic carbocycles. The molecule has 0 saturated carbocycles. The van der Waals surface area contributed by atoms with Crippen LogP contribution in [0.25, 0.3) is 10.9 Å². The van der Waals surface area contributed by atoms with E-state index < -0.39 is 0 Å². The van der Waals surface area contributed by atoms with Gasteiger partial charge >= 0.3 is 0 Å². The summed E-state index contributed by atoms with van der Waals surface area (Å²) in [5.41, 5.74) is 1.56. The highest BCUT2D eigenvalue weighted by molar-refractivity contribution is 5.84. The molecule has 1 fully saturated rings. The van der Waals surface area contributed by atoms with Gasteiger partial charge in [-0.2, -0.15) is 0 Å². The first-order valence-corrected chi connectivity index (χ1v) is 9.99. The summed E-state index contributed by atoms with van der Waals surface area (Å²) in [7, 11) is 0. The number of aryl methyl sites for hydroxylation is 1. The first-order valence-electron chi connectivity index (χ1n) is 9.99. The second-order valence-electron chi connectivity index (χ2n) is 7.58. The van der Waals surface area contributed by atoms with E-state index in [0.29, 0.717) is 12.5 Å². The molecule has 1 unspecified atom stereocenters. The number of nitrogens with zero attached hydrogens (tertiary/aromatic N) is 4. The fourth-order valence-electron chi connectivity index (χ4n) is 3.99. The molecule has 1 saturated heterocycles. The molecule has 2 aromatic heterocycles. The van der Waals surface area contributed by atoms with Crippen molar-refractivity contribution in [2.75, 3.05) is 24.5 Å². The summed E-state index contributed by atoms with van der Waals surface area (Å²) in [6.07, 6.45) is 5.59. The summed E-state index contributed by atoms with van der Waals surface area (Å²) < 4.78 is 1.54. The third-order valence-electron chi connectivity index (χ3n) is 5.47. The molecule has 150 valence electrons. The normalized spacial score (nSPS) is 16.7. The Hall–Kier alpha value is -3.22. The number of fused-ring (bicyclic) bond motifs is 1. The Bertz CT molecular complexity index is 1060. The summed E-state index contributed by atoms with van der Waals surface area (Å²) in [6, 6.07) is 11.1. The van der Waals surface area contributed by atoms with Crippen LogP contribution in [0.3, 0.4) is 0 Å². The van der Waals surface area contributed by atoms with Crippen LogP contribution in [0.4, 0.5) is 5.95 Å². The Morgan fingerprint density at radius 3 is 2.83 bits per heavy atom. The molecule has 1 aliphatic rings. The Labute approximate surface area is 169 Å². The lowest BCUT2D eigenvalue weighted by Crippen LogP contribution is -2.42. The zero-order valence-corrected chi connectivity index (χ0v) is 16.5. The van der Waals surface area contributed by atoms with Crippen LogP contribution >= 0.6 is 0 Å². The van der Waals surface area contributed by atoms with Crippen LogP contribution in [0.5, 0.6) is 0 Å². The molecule has 0 radical (unpaired) electrons. The van der Waals surface area contributed by atoms with Crippen LogP contribution in [0.2, 0.25) is 0 Å². The molecule has 3 heterocycles. The summed E-state index contributed by atoms with van der Waals surface area (Å²) in [6.45, 7) is 4.27. The third kappa shape index (κ3) is 4.29. The molecule has 29 heavy (non-hydrogen) atoms. The topological polar surface area (TPSA) is 80.1 Å². The van der Waals surface area contributed by atoms with E-state index in [-0.39, 0.29) is 18.0 Å². The maximum absolute atomic E-state index is 12.6. The van der Waals surface area contributed by atoms with E-state index >= 15 is 0 Å². The highest BCUT2D eigenvalue weighted by atomic mass is 16.2. The molecule has 7 nitrogen and oxygen atoms in total. The number of hydrogen-bond acceptors (Lipinski definition) is 5. The van der Waals surface area contributed by atoms with Crippen LogP contribution in [0.15, 0.2) is 53.6 Å². The number of para-hydroxylation sites is 1. The van der Waals surface area contributed by atoms with Crippen molar-refractivity contribution in [3.8, 4) is 0 Å². The van der Waals surface area contributed by atoms with Crippen molar-refractivity contribution in [2.24, 2.45) is 5.92 Å². The van der Waals surface area contributed by atoms with Crippen LogP contribution in [-0.2, 0) is 11.3 Å². The highest BCUT2D eigenvalue weighted by Crippen LogP contribution is 2.19. The molecule has 1 aliphatic heterocycles. The average molecular weight is 391 g/mol. The van der Waals surface area contributed by atoms with Gasteiger partial charge in [0.05, 0.1) is 5.52 Å². The minimum absolute atomic E-state index is 0.0257. The zero-order valence-electron chi connectivity index (χ0n) is 16.5. The number of piperidine rings is 1. The molecule has 3 aromatic rings. The predicted molar refractivity (Wildman–Crippen MR) is 113 cm³/mol. The van der Waals surface area contributed by atoms with E-state index in [0.717, 1.165) is 48.3 Å². The van der Waals surface area contributed by atoms with Gasteiger partial charge in [-0.25, -0.2) is 9.97 Å². The smallest absolute Gasteiger partial charge is 0.251 e. The maximum Gasteiger partial charge on any atom is 0.251 e. The van der Waals surface area contributed by atoms with Crippen LogP contribution in [0, 0.1) is 12.8 Å². The molecular weight excluding hydrogens is 366 g/mol. The number of amides is 1. The Morgan fingerprint density at radius 1 is 1.21 bits per heavy atom. The molecule has 4 rings (SSSR count). The Balaban J connectivity index is 1.40. The fraction of sp³-hybridized carbons (Fsp3) is 0.364. The SMILES string of the molecule is Cc1cc(=O)n(CC(=O)NCC2CCCN(c3ncccn3)C2)c2ccccc12. The predicted octanol–water partition coefficient (Wildman–Crippen LogP) is 2.13. The lowest BCUT2D eigenvalue weighted by Gasteiger charge is -2.32. The number of carbonyl (C=O) groups excluding carboxylic acids is 1. The molecule has 1 amide bonds. The van der Waals surface area contributed by atoms with Crippen molar-refractivity contribution in [3.05, 3.63) is 64.7 Å². The second-order valence-corrected chi connectivity index (χ2v) is 7.58. The number of nitrogens with one attached hydrogen (secondary N) is 1. The number of pyridine rings is 1. The fourth-order valence-corrected chi connectivity index (χ4v) is 3.99. The minimum Gasteiger partial charge on any atom is -0.354 e. The highest BCUT2D eigenvalue weighted by Gasteiger charge is 2.22. The Morgan fingerprint density at radius 2 is 2.00 bits per heavy atom. The van der Waals surface area contributed by atoms with E-state index in [9.17, 15) is 9.59 Å². The molecule has 0 spiro atoms. The number of carbonyl (C=O) groups is 1. The monoisotopic (exact) mass is 391 g/mol. The van der Waals surface area contributed by atoms with Crippen LogP contribution in [-0.4, -0.2) is 40.1 Å². The summed E-state index contributed by atoms with van der Waals surface area (Å²) in [5, 5.41) is 4.00. The van der Waals surface area contributed by atoms with Gasteiger partial charge in [-0.05, 0) is 43.4 Å². The number of benzene rings is 1. The number of rotatable bonds is 5. The second kappa shape index (κ2) is 8.43. The molecule has 1 N–H and O–H groups in total. The molecule has 1 atom stereocenters. The van der Waals surface area contributed by atoms with E-state index in [2.05, 4.69) is 20.2 Å². The molecule has 0 bridgehead atoms. The summed E-state index contributed by atoms with van der Waals surface area (Å²) in [4.78, 5) is 35.8. The van der Waals surface area contributed by atoms with Gasteiger partial charge in [0.25, 0.3) is 5.56 Å². The van der Waals surface area contributed by atoms with E-state index in [1.165, 1.54) is 0 Å². The quantitative estimate of drug-likeness (QED) is 0.721. The third-order valence-corrected chi connectivity index (χ3v) is 5.47. The van der Waals surface area contributed by atoms with Crippen molar-refractivity contribution in [1.29, 1.82) is 0 Å². The van der Waals surface area contributed by atoms with Crippen molar-refractivity contribution in [1.82, 2.24) is 19.9 Å². The van der Waals surface area contributed by atoms with E-state index in [4.69, 9.17) is 0 Å². The molecular formula is C22H25N5O2. The molecule has 7 heteroatoms. The summed E-state index contributed by atoms with van der Waals surface area (Å²) in [5.74, 6) is 0.929. The summed E-state index contributed by atoms with van der Waals surface area (Å²) >= 11 is 0. The van der Waals surface area contributed by atoms with Crippen LogP contribution in [0.1, 0.15) is 18.4 Å². The number of anilines is 1. The first-order chi connectivity index (χ1) is 14.1. The van der Waals surface area contributed by atoms with Gasteiger partial charge in [-0.3, -0.25) is 14.2 Å². The zero-order chi connectivity index (χ0) is 20.2. The average Bonchev–Trinajstić information content (AvgIpc) is 2.76. The van der Waals surface area contributed by atoms with Gasteiger partial charge in [0.1, 0.15) is 6.54 Å². The van der Waals surface area contributed by atoms with Gasteiger partial charge in [-0.15, -0.1) is 0 Å². The maximum atomic E-state index is 12.6. The largest absolute Gasteiger partial charge is 0.354 e. The van der Waals surface area contributed by atoms with Gasteiger partial charge in [0.15, 0.2) is 0 Å². The van der Waals surface area contributed by atoms with E-state index in [1.54, 1.807) is 23.0 Å². The van der Waals surface area contributed by atoms with Gasteiger partial charge in [0.2, 0.25) is 11.9 Å². The van der Waals surface area contributed by atoms with Crippen LogP contribution < -0.4 is 15.8 Å². The van der Waals surface area contributed by atoms with Crippen molar-refractivity contribution < 1.29 is 4.79 Å². The van der Waals surface area contributed by atoms with Crippen molar-refractivity contribution in [3.63, 3.8) is 0 Å². The van der Waals surface area contributed by atoms with Gasteiger partial charge in [-0.1, -0.05) is 18.2 Å².